The Morgan fingerprint density at radius 3 is 2.95 bits per heavy atom. The van der Waals surface area contributed by atoms with Crippen molar-refractivity contribution in [3.63, 3.8) is 0 Å². The first kappa shape index (κ1) is 11.5. The van der Waals surface area contributed by atoms with Gasteiger partial charge in [0.05, 0.1) is 6.07 Å². The molecule has 0 saturated heterocycles. The predicted molar refractivity (Wildman–Crippen MR) is 66.9 cm³/mol. The van der Waals surface area contributed by atoms with Gasteiger partial charge in [0.2, 0.25) is 11.8 Å². The second kappa shape index (κ2) is 3.71. The van der Waals surface area contributed by atoms with Gasteiger partial charge in [-0.25, -0.2) is 4.39 Å². The van der Waals surface area contributed by atoms with Crippen molar-refractivity contribution in [3.05, 3.63) is 52.1 Å². The van der Waals surface area contributed by atoms with Crippen molar-refractivity contribution in [1.29, 1.82) is 0 Å². The molecule has 0 aliphatic carbocycles. The topological polar surface area (TPSA) is 79.2 Å². The lowest BCUT2D eigenvalue weighted by atomic mass is 10.0. The van der Waals surface area contributed by atoms with E-state index in [9.17, 15) is 14.3 Å². The zero-order valence-corrected chi connectivity index (χ0v) is 10.0. The first-order valence-corrected chi connectivity index (χ1v) is 5.63. The Kier molecular flexibility index (Phi) is 2.25. The molecule has 3 rings (SSSR count). The number of nitrogens with zero attached hydrogens (tertiary/aromatic N) is 2. The van der Waals surface area contributed by atoms with Crippen LogP contribution in [-0.2, 0) is 5.66 Å². The SMILES string of the molecule is CC1(c2cccc(F)c2)Nc2nc(O)cc(=O)n2N1. The molecule has 0 spiro atoms. The van der Waals surface area contributed by atoms with Crippen LogP contribution in [0.2, 0.25) is 0 Å². The van der Waals surface area contributed by atoms with Crippen molar-refractivity contribution in [1.82, 2.24) is 9.66 Å². The molecule has 1 atom stereocenters. The third-order valence-electron chi connectivity index (χ3n) is 3.00. The maximum Gasteiger partial charge on any atom is 0.277 e. The minimum atomic E-state index is -0.880. The highest BCUT2D eigenvalue weighted by Crippen LogP contribution is 2.29. The number of benzene rings is 1. The van der Waals surface area contributed by atoms with E-state index in [0.717, 1.165) is 6.07 Å². The fourth-order valence-corrected chi connectivity index (χ4v) is 2.07. The van der Waals surface area contributed by atoms with E-state index < -0.39 is 11.2 Å². The molecular weight excluding hydrogens is 251 g/mol. The second-order valence-corrected chi connectivity index (χ2v) is 4.48. The number of halogens is 1. The molecule has 0 amide bonds. The minimum Gasteiger partial charge on any atom is -0.493 e. The Morgan fingerprint density at radius 1 is 1.42 bits per heavy atom. The van der Waals surface area contributed by atoms with Crippen LogP contribution in [0.4, 0.5) is 10.3 Å². The summed E-state index contributed by atoms with van der Waals surface area (Å²) in [7, 11) is 0. The van der Waals surface area contributed by atoms with Crippen LogP contribution in [0, 0.1) is 5.82 Å². The molecule has 1 aliphatic heterocycles. The lowest BCUT2D eigenvalue weighted by Crippen LogP contribution is -2.39. The molecule has 0 radical (unpaired) electrons. The van der Waals surface area contributed by atoms with Gasteiger partial charge in [-0.05, 0) is 19.1 Å². The maximum atomic E-state index is 13.3. The summed E-state index contributed by atoms with van der Waals surface area (Å²) in [5, 5.41) is 12.3. The highest BCUT2D eigenvalue weighted by molar-refractivity contribution is 5.46. The van der Waals surface area contributed by atoms with Crippen molar-refractivity contribution in [3.8, 4) is 5.88 Å². The van der Waals surface area contributed by atoms with Crippen LogP contribution >= 0.6 is 0 Å². The summed E-state index contributed by atoms with van der Waals surface area (Å²) in [5.74, 6) is -0.563. The van der Waals surface area contributed by atoms with Gasteiger partial charge in [-0.2, -0.15) is 9.66 Å². The van der Waals surface area contributed by atoms with E-state index in [1.807, 2.05) is 0 Å². The van der Waals surface area contributed by atoms with Crippen LogP contribution in [0.1, 0.15) is 12.5 Å². The molecule has 6 nitrogen and oxygen atoms in total. The van der Waals surface area contributed by atoms with Crippen LogP contribution in [0.25, 0.3) is 0 Å². The highest BCUT2D eigenvalue weighted by Gasteiger charge is 2.35. The second-order valence-electron chi connectivity index (χ2n) is 4.48. The molecule has 0 saturated carbocycles. The van der Waals surface area contributed by atoms with Gasteiger partial charge in [-0.15, -0.1) is 0 Å². The Morgan fingerprint density at radius 2 is 2.21 bits per heavy atom. The van der Waals surface area contributed by atoms with Gasteiger partial charge in [0, 0.05) is 5.56 Å². The van der Waals surface area contributed by atoms with Crippen molar-refractivity contribution >= 4 is 5.95 Å². The average molecular weight is 262 g/mol. The molecule has 1 aliphatic rings. The van der Waals surface area contributed by atoms with Gasteiger partial charge in [-0.3, -0.25) is 10.2 Å². The van der Waals surface area contributed by atoms with E-state index in [1.165, 1.54) is 16.8 Å². The Hall–Kier alpha value is -2.57. The molecule has 1 aromatic heterocycles. The smallest absolute Gasteiger partial charge is 0.277 e. The standard InChI is InChI=1S/C12H11FN4O2/c1-12(7-3-2-4-8(13)5-7)15-11-14-9(18)6-10(19)17(11)16-12/h2-6,16,18H,1H3,(H,14,15). The monoisotopic (exact) mass is 262 g/mol. The normalized spacial score (nSPS) is 20.5. The zero-order valence-electron chi connectivity index (χ0n) is 10.0. The minimum absolute atomic E-state index is 0.178. The van der Waals surface area contributed by atoms with Crippen molar-refractivity contribution in [2.45, 2.75) is 12.6 Å². The summed E-state index contributed by atoms with van der Waals surface area (Å²) in [4.78, 5) is 15.5. The van der Waals surface area contributed by atoms with Gasteiger partial charge < -0.3 is 10.4 Å². The Bertz CT molecular complexity index is 715. The van der Waals surface area contributed by atoms with Crippen molar-refractivity contribution in [2.75, 3.05) is 10.7 Å². The fraction of sp³-hybridized carbons (Fsp3) is 0.167. The Labute approximate surface area is 107 Å². The van der Waals surface area contributed by atoms with Crippen LogP contribution in [-0.4, -0.2) is 14.8 Å². The van der Waals surface area contributed by atoms with Crippen molar-refractivity contribution < 1.29 is 9.50 Å². The quantitative estimate of drug-likeness (QED) is 0.712. The molecule has 7 heteroatoms. The number of hydrogen-bond acceptors (Lipinski definition) is 5. The van der Waals surface area contributed by atoms with Crippen molar-refractivity contribution in [2.24, 2.45) is 0 Å². The van der Waals surface area contributed by atoms with Gasteiger partial charge in [0.1, 0.15) is 11.5 Å². The van der Waals surface area contributed by atoms with E-state index in [2.05, 4.69) is 15.7 Å². The largest absolute Gasteiger partial charge is 0.493 e. The summed E-state index contributed by atoms with van der Waals surface area (Å²) in [6.45, 7) is 1.74. The number of nitrogens with one attached hydrogen (secondary N) is 2. The third kappa shape index (κ3) is 1.79. The lowest BCUT2D eigenvalue weighted by Gasteiger charge is -2.25. The van der Waals surface area contributed by atoms with Crippen LogP contribution < -0.4 is 16.3 Å². The molecule has 0 bridgehead atoms. The summed E-state index contributed by atoms with van der Waals surface area (Å²) in [6.07, 6.45) is 0. The van der Waals surface area contributed by atoms with Crippen LogP contribution in [0.3, 0.4) is 0 Å². The summed E-state index contributed by atoms with van der Waals surface area (Å²) in [5.41, 5.74) is 2.18. The molecule has 98 valence electrons. The van der Waals surface area contributed by atoms with Gasteiger partial charge in [0.25, 0.3) is 5.56 Å². The molecular formula is C12H11FN4O2. The van der Waals surface area contributed by atoms with E-state index >= 15 is 0 Å². The number of anilines is 1. The average Bonchev–Trinajstić information content (AvgIpc) is 2.68. The lowest BCUT2D eigenvalue weighted by molar-refractivity contribution is 0.450. The van der Waals surface area contributed by atoms with Gasteiger partial charge in [0.15, 0.2) is 0 Å². The summed E-state index contributed by atoms with van der Waals surface area (Å²) in [6, 6.07) is 6.99. The molecule has 1 unspecified atom stereocenters. The number of aromatic nitrogens is 2. The molecule has 0 fully saturated rings. The van der Waals surface area contributed by atoms with Crippen LogP contribution in [0.15, 0.2) is 35.1 Å². The summed E-state index contributed by atoms with van der Waals surface area (Å²) < 4.78 is 14.5. The Balaban J connectivity index is 2.07. The van der Waals surface area contributed by atoms with Gasteiger partial charge >= 0.3 is 0 Å². The van der Waals surface area contributed by atoms with E-state index in [-0.39, 0.29) is 17.6 Å². The number of rotatable bonds is 1. The fourth-order valence-electron chi connectivity index (χ4n) is 2.07. The first-order chi connectivity index (χ1) is 8.98. The third-order valence-corrected chi connectivity index (χ3v) is 3.00. The number of hydrogen-bond donors (Lipinski definition) is 3. The number of fused-ring (bicyclic) bond motifs is 1. The van der Waals surface area contributed by atoms with E-state index in [0.29, 0.717) is 5.56 Å². The predicted octanol–water partition coefficient (Wildman–Crippen LogP) is 0.930. The van der Waals surface area contributed by atoms with Crippen LogP contribution in [0.5, 0.6) is 5.88 Å². The zero-order chi connectivity index (χ0) is 13.6. The maximum absolute atomic E-state index is 13.3. The molecule has 3 N–H and O–H groups in total. The van der Waals surface area contributed by atoms with E-state index in [4.69, 9.17) is 0 Å². The highest BCUT2D eigenvalue weighted by atomic mass is 19.1. The molecule has 19 heavy (non-hydrogen) atoms. The molecule has 1 aromatic carbocycles. The first-order valence-electron chi connectivity index (χ1n) is 5.63. The summed E-state index contributed by atoms with van der Waals surface area (Å²) >= 11 is 0. The molecule has 2 aromatic rings. The van der Waals surface area contributed by atoms with Gasteiger partial charge in [-0.1, -0.05) is 12.1 Å². The van der Waals surface area contributed by atoms with E-state index in [1.54, 1.807) is 19.1 Å². The molecule has 2 heterocycles. The number of aromatic hydroxyl groups is 1.